The molecule has 0 atom stereocenters. The van der Waals surface area contributed by atoms with E-state index in [1.807, 2.05) is 0 Å². The Kier molecular flexibility index (Phi) is 4.01. The summed E-state index contributed by atoms with van der Waals surface area (Å²) in [5.74, 6) is 4.64. The number of hydrazine groups is 1. The summed E-state index contributed by atoms with van der Waals surface area (Å²) in [4.78, 5) is 26.8. The molecule has 0 aliphatic carbocycles. The molecule has 1 aromatic heterocycles. The Morgan fingerprint density at radius 3 is 2.94 bits per heavy atom. The van der Waals surface area contributed by atoms with Crippen molar-refractivity contribution in [3.63, 3.8) is 0 Å². The topological polar surface area (TPSA) is 99.2 Å². The third kappa shape index (κ3) is 2.57. The van der Waals surface area contributed by atoms with Gasteiger partial charge in [0, 0.05) is 11.9 Å². The van der Waals surface area contributed by atoms with Gasteiger partial charge in [-0.05, 0) is 13.8 Å². The molecule has 7 heteroatoms. The van der Waals surface area contributed by atoms with E-state index in [0.717, 1.165) is 0 Å². The summed E-state index contributed by atoms with van der Waals surface area (Å²) in [6.45, 7) is 3.51. The highest BCUT2D eigenvalue weighted by Crippen LogP contribution is 1.97. The molecule has 0 fully saturated rings. The number of nitrogens with one attached hydrogen (secondary N) is 1. The van der Waals surface area contributed by atoms with Gasteiger partial charge in [-0.3, -0.25) is 14.2 Å². The summed E-state index contributed by atoms with van der Waals surface area (Å²) in [5.41, 5.74) is 2.29. The van der Waals surface area contributed by atoms with Crippen molar-refractivity contribution >= 4 is 11.8 Å². The van der Waals surface area contributed by atoms with Crippen LogP contribution in [0.25, 0.3) is 0 Å². The lowest BCUT2D eigenvalue weighted by atomic mass is 10.4. The third-order valence-corrected chi connectivity index (χ3v) is 1.98. The van der Waals surface area contributed by atoms with E-state index in [-0.39, 0.29) is 19.0 Å². The monoisotopic (exact) mass is 226 g/mol. The highest BCUT2D eigenvalue weighted by atomic mass is 16.5. The molecule has 0 saturated carbocycles. The number of hydrogen-bond donors (Lipinski definition) is 2. The first-order valence-electron chi connectivity index (χ1n) is 4.78. The number of nitrogens with two attached hydrogens (primary N) is 1. The number of ether oxygens (including phenoxy) is 1. The molecule has 7 nitrogen and oxygen atoms in total. The van der Waals surface area contributed by atoms with Crippen molar-refractivity contribution in [1.82, 2.24) is 9.55 Å². The first-order valence-corrected chi connectivity index (χ1v) is 4.78. The van der Waals surface area contributed by atoms with Crippen LogP contribution in [0.15, 0.2) is 11.0 Å². The lowest BCUT2D eigenvalue weighted by Gasteiger charge is -2.09. The van der Waals surface area contributed by atoms with Crippen molar-refractivity contribution in [2.45, 2.75) is 20.4 Å². The third-order valence-electron chi connectivity index (χ3n) is 1.98. The molecule has 0 unspecified atom stereocenters. The summed E-state index contributed by atoms with van der Waals surface area (Å²) in [5, 5.41) is 0. The van der Waals surface area contributed by atoms with Crippen LogP contribution in [0.2, 0.25) is 0 Å². The van der Waals surface area contributed by atoms with E-state index in [2.05, 4.69) is 10.4 Å². The maximum Gasteiger partial charge on any atom is 0.326 e. The summed E-state index contributed by atoms with van der Waals surface area (Å²) < 4.78 is 6.01. The molecule has 0 amide bonds. The van der Waals surface area contributed by atoms with Gasteiger partial charge in [0.15, 0.2) is 0 Å². The van der Waals surface area contributed by atoms with Gasteiger partial charge in [-0.25, -0.2) is 10.8 Å². The lowest BCUT2D eigenvalue weighted by Crippen LogP contribution is -2.31. The number of carbonyl (C=O) groups is 1. The van der Waals surface area contributed by atoms with Crippen LogP contribution in [0.3, 0.4) is 0 Å². The van der Waals surface area contributed by atoms with Gasteiger partial charge in [-0.15, -0.1) is 0 Å². The largest absolute Gasteiger partial charge is 0.465 e. The first-order chi connectivity index (χ1) is 7.60. The summed E-state index contributed by atoms with van der Waals surface area (Å²) in [7, 11) is 0. The number of rotatable bonds is 4. The molecule has 1 heterocycles. The first kappa shape index (κ1) is 12.2. The zero-order chi connectivity index (χ0) is 12.1. The molecule has 88 valence electrons. The summed E-state index contributed by atoms with van der Waals surface area (Å²) in [6, 6.07) is 0. The molecule has 0 aliphatic heterocycles. The molecule has 0 saturated heterocycles. The highest BCUT2D eigenvalue weighted by Gasteiger charge is 2.10. The molecule has 0 aromatic carbocycles. The Bertz CT molecular complexity index is 441. The minimum atomic E-state index is -0.470. The fraction of sp³-hybridized carbons (Fsp3) is 0.444. The average molecular weight is 226 g/mol. The van der Waals surface area contributed by atoms with Crippen LogP contribution in [0, 0.1) is 6.92 Å². The van der Waals surface area contributed by atoms with Gasteiger partial charge < -0.3 is 10.2 Å². The number of nitrogen functional groups attached to an aromatic ring is 1. The van der Waals surface area contributed by atoms with E-state index in [4.69, 9.17) is 10.6 Å². The number of hydrogen-bond acceptors (Lipinski definition) is 6. The molecule has 0 spiro atoms. The van der Waals surface area contributed by atoms with E-state index in [1.165, 1.54) is 10.8 Å². The number of esters is 1. The van der Waals surface area contributed by atoms with E-state index in [0.29, 0.717) is 5.69 Å². The fourth-order valence-electron chi connectivity index (χ4n) is 1.20. The van der Waals surface area contributed by atoms with Crippen LogP contribution in [0.5, 0.6) is 0 Å². The maximum absolute atomic E-state index is 11.7. The van der Waals surface area contributed by atoms with Gasteiger partial charge in [-0.2, -0.15) is 0 Å². The number of anilines is 1. The fourth-order valence-corrected chi connectivity index (χ4v) is 1.20. The molecular weight excluding hydrogens is 212 g/mol. The summed E-state index contributed by atoms with van der Waals surface area (Å²) in [6.07, 6.45) is 1.45. The van der Waals surface area contributed by atoms with E-state index in [1.54, 1.807) is 13.8 Å². The molecule has 0 bridgehead atoms. The molecule has 1 aromatic rings. The van der Waals surface area contributed by atoms with Crippen LogP contribution in [-0.2, 0) is 16.1 Å². The Hall–Kier alpha value is -1.89. The number of aromatic nitrogens is 2. The van der Waals surface area contributed by atoms with Crippen molar-refractivity contribution in [3.8, 4) is 0 Å². The Balaban J connectivity index is 3.03. The van der Waals surface area contributed by atoms with Gasteiger partial charge in [0.1, 0.15) is 6.54 Å². The van der Waals surface area contributed by atoms with Gasteiger partial charge in [0.25, 0.3) is 5.56 Å². The Morgan fingerprint density at radius 2 is 2.38 bits per heavy atom. The van der Waals surface area contributed by atoms with E-state index in [9.17, 15) is 9.59 Å². The van der Waals surface area contributed by atoms with Gasteiger partial charge in [0.2, 0.25) is 5.82 Å². The summed E-state index contributed by atoms with van der Waals surface area (Å²) >= 11 is 0. The van der Waals surface area contributed by atoms with Crippen LogP contribution in [0.1, 0.15) is 12.6 Å². The quantitative estimate of drug-likeness (QED) is 0.404. The second-order valence-corrected chi connectivity index (χ2v) is 3.09. The smallest absolute Gasteiger partial charge is 0.326 e. The zero-order valence-electron chi connectivity index (χ0n) is 9.19. The Labute approximate surface area is 92.2 Å². The van der Waals surface area contributed by atoms with Gasteiger partial charge in [-0.1, -0.05) is 0 Å². The highest BCUT2D eigenvalue weighted by molar-refractivity contribution is 5.69. The van der Waals surface area contributed by atoms with Gasteiger partial charge >= 0.3 is 5.97 Å². The average Bonchev–Trinajstić information content (AvgIpc) is 2.25. The lowest BCUT2D eigenvalue weighted by molar-refractivity contribution is -0.143. The van der Waals surface area contributed by atoms with Crippen LogP contribution in [-0.4, -0.2) is 22.1 Å². The maximum atomic E-state index is 11.7. The standard InChI is InChI=1S/C9H14N4O3/c1-3-16-7(14)5-13-6(2)4-11-8(12-10)9(13)15/h4H,3,5,10H2,1-2H3,(H,11,12). The molecular formula is C9H14N4O3. The molecule has 0 aliphatic rings. The number of nitrogens with zero attached hydrogens (tertiary/aromatic N) is 2. The van der Waals surface area contributed by atoms with Crippen molar-refractivity contribution in [1.29, 1.82) is 0 Å². The minimum absolute atomic E-state index is 0.00472. The molecule has 3 N–H and O–H groups in total. The zero-order valence-corrected chi connectivity index (χ0v) is 9.19. The molecule has 16 heavy (non-hydrogen) atoms. The SMILES string of the molecule is CCOC(=O)Cn1c(C)cnc(NN)c1=O. The van der Waals surface area contributed by atoms with Crippen molar-refractivity contribution in [2.75, 3.05) is 12.0 Å². The van der Waals surface area contributed by atoms with Crippen molar-refractivity contribution in [2.24, 2.45) is 5.84 Å². The number of aryl methyl sites for hydroxylation is 1. The molecule has 1 rings (SSSR count). The predicted molar refractivity (Wildman–Crippen MR) is 57.7 cm³/mol. The molecule has 0 radical (unpaired) electrons. The second-order valence-electron chi connectivity index (χ2n) is 3.09. The van der Waals surface area contributed by atoms with Crippen LogP contribution < -0.4 is 16.8 Å². The van der Waals surface area contributed by atoms with E-state index >= 15 is 0 Å². The van der Waals surface area contributed by atoms with E-state index < -0.39 is 11.5 Å². The van der Waals surface area contributed by atoms with Gasteiger partial charge in [0.05, 0.1) is 6.61 Å². The van der Waals surface area contributed by atoms with Crippen LogP contribution in [0.4, 0.5) is 5.82 Å². The predicted octanol–water partition coefficient (Wildman–Crippen LogP) is -0.600. The minimum Gasteiger partial charge on any atom is -0.465 e. The van der Waals surface area contributed by atoms with Crippen molar-refractivity contribution in [3.05, 3.63) is 22.2 Å². The Morgan fingerprint density at radius 1 is 1.69 bits per heavy atom. The second kappa shape index (κ2) is 5.26. The number of carbonyl (C=O) groups excluding carboxylic acids is 1. The normalized spacial score (nSPS) is 9.94. The van der Waals surface area contributed by atoms with Crippen LogP contribution >= 0.6 is 0 Å². The van der Waals surface area contributed by atoms with Crippen molar-refractivity contribution < 1.29 is 9.53 Å².